The number of rotatable bonds is 10. The van der Waals surface area contributed by atoms with E-state index in [-0.39, 0.29) is 0 Å². The van der Waals surface area contributed by atoms with Crippen LogP contribution in [0.25, 0.3) is 53.6 Å². The van der Waals surface area contributed by atoms with Crippen LogP contribution in [0.2, 0.25) is 0 Å². The summed E-state index contributed by atoms with van der Waals surface area (Å²) in [6, 6.07) is 95.7. The molecule has 3 heteroatoms. The lowest BCUT2D eigenvalue weighted by Gasteiger charge is -2.42. The van der Waals surface area contributed by atoms with E-state index in [1.807, 2.05) is 11.3 Å². The van der Waals surface area contributed by atoms with E-state index >= 15 is 0 Å². The van der Waals surface area contributed by atoms with Gasteiger partial charge in [-0.3, -0.25) is 0 Å². The van der Waals surface area contributed by atoms with E-state index in [4.69, 9.17) is 0 Å². The third kappa shape index (κ3) is 7.22. The first-order chi connectivity index (χ1) is 31.2. The molecular formula is C60H43NS2. The fourth-order valence-electron chi connectivity index (χ4n) is 8.94. The zero-order chi connectivity index (χ0) is 42.0. The third-order valence-corrected chi connectivity index (χ3v) is 17.1. The van der Waals surface area contributed by atoms with Crippen LogP contribution >= 0.6 is 21.4 Å². The van der Waals surface area contributed by atoms with Gasteiger partial charge in [0.15, 0.2) is 0 Å². The monoisotopic (exact) mass is 841 g/mol. The van der Waals surface area contributed by atoms with Crippen molar-refractivity contribution in [1.29, 1.82) is 0 Å². The van der Waals surface area contributed by atoms with E-state index in [2.05, 4.69) is 266 Å². The molecule has 0 spiro atoms. The highest BCUT2D eigenvalue weighted by Gasteiger charge is 2.33. The van der Waals surface area contributed by atoms with Crippen LogP contribution in [0.1, 0.15) is 0 Å². The minimum atomic E-state index is -1.83. The molecule has 0 amide bonds. The van der Waals surface area contributed by atoms with Gasteiger partial charge in [0.1, 0.15) is 0 Å². The molecule has 0 aliphatic rings. The summed E-state index contributed by atoms with van der Waals surface area (Å²) < 4.78 is 2.58. The predicted molar refractivity (Wildman–Crippen MR) is 270 cm³/mol. The molecule has 0 atom stereocenters. The Morgan fingerprint density at radius 3 is 1.05 bits per heavy atom. The van der Waals surface area contributed by atoms with Gasteiger partial charge in [0, 0.05) is 56.8 Å². The highest BCUT2D eigenvalue weighted by Crippen LogP contribution is 2.73. The summed E-state index contributed by atoms with van der Waals surface area (Å²) in [6.45, 7) is 0. The maximum Gasteiger partial charge on any atom is 0.0468 e. The average Bonchev–Trinajstić information content (AvgIpc) is 3.74. The molecule has 0 aliphatic carbocycles. The second-order valence-corrected chi connectivity index (χ2v) is 19.9. The van der Waals surface area contributed by atoms with Crippen LogP contribution in [0.15, 0.2) is 280 Å². The van der Waals surface area contributed by atoms with Crippen LogP contribution in [0.5, 0.6) is 0 Å². The van der Waals surface area contributed by atoms with E-state index in [1.165, 1.54) is 73.1 Å². The summed E-state index contributed by atoms with van der Waals surface area (Å²) in [4.78, 5) is 7.63. The Kier molecular flexibility index (Phi) is 10.3. The van der Waals surface area contributed by atoms with Gasteiger partial charge in [-0.05, 0) is 137 Å². The Morgan fingerprint density at radius 2 is 0.571 bits per heavy atom. The van der Waals surface area contributed by atoms with Gasteiger partial charge >= 0.3 is 0 Å². The highest BCUT2D eigenvalue weighted by molar-refractivity contribution is 8.34. The minimum absolute atomic E-state index is 1.10. The topological polar surface area (TPSA) is 3.24 Å². The van der Waals surface area contributed by atoms with E-state index < -0.39 is 10.0 Å². The van der Waals surface area contributed by atoms with Gasteiger partial charge in [0.05, 0.1) is 0 Å². The number of anilines is 3. The molecule has 1 nitrogen and oxygen atoms in total. The molecule has 300 valence electrons. The van der Waals surface area contributed by atoms with Crippen molar-refractivity contribution in [3.63, 3.8) is 0 Å². The Hall–Kier alpha value is -7.43. The second kappa shape index (κ2) is 16.8. The molecule has 0 aliphatic heterocycles. The van der Waals surface area contributed by atoms with Gasteiger partial charge in [-0.25, -0.2) is 0 Å². The van der Waals surface area contributed by atoms with Crippen molar-refractivity contribution in [1.82, 2.24) is 0 Å². The summed E-state index contributed by atoms with van der Waals surface area (Å²) in [5.41, 5.74) is 10.6. The molecule has 0 saturated carbocycles. The van der Waals surface area contributed by atoms with Crippen molar-refractivity contribution in [3.05, 3.63) is 261 Å². The van der Waals surface area contributed by atoms with Gasteiger partial charge in [-0.15, -0.1) is 21.4 Å². The summed E-state index contributed by atoms with van der Waals surface area (Å²) in [6.07, 6.45) is 0. The fourth-order valence-corrected chi connectivity index (χ4v) is 13.9. The third-order valence-electron chi connectivity index (χ3n) is 12.0. The molecule has 1 heterocycles. The Morgan fingerprint density at radius 1 is 0.254 bits per heavy atom. The zero-order valence-corrected chi connectivity index (χ0v) is 36.2. The normalized spacial score (nSPS) is 11.7. The van der Waals surface area contributed by atoms with Crippen molar-refractivity contribution in [2.75, 3.05) is 4.90 Å². The molecule has 11 aromatic rings. The maximum atomic E-state index is 2.42. The van der Waals surface area contributed by atoms with E-state index in [0.717, 1.165) is 17.1 Å². The molecule has 0 saturated heterocycles. The van der Waals surface area contributed by atoms with Crippen molar-refractivity contribution < 1.29 is 0 Å². The SMILES string of the molecule is c1ccc(-c2ccc(-c3ccc(N(c4ccc(S(c5ccccc5)(c5ccccc5)c5ccccc5)cc4)c4ccc5sc6ccc(-c7ccccc7)cc6c5c4)cc3)cc2)cc1. The molecule has 0 unspecified atom stereocenters. The number of hydrogen-bond acceptors (Lipinski definition) is 2. The molecule has 63 heavy (non-hydrogen) atoms. The van der Waals surface area contributed by atoms with Gasteiger partial charge in [-0.2, -0.15) is 0 Å². The van der Waals surface area contributed by atoms with Crippen molar-refractivity contribution in [2.45, 2.75) is 19.6 Å². The molecule has 1 aromatic heterocycles. The standard InChI is InChI=1S/C60H43NS2/c1-6-16-44(17-7-1)46-26-28-47(29-27-46)48-30-33-50(34-31-48)61(52-37-41-60-58(43-52)57-42-49(32-40-59(57)62-60)45-18-8-2-9-19-45)51-35-38-56(39-36-51)63(53-20-10-3-11-21-53,54-22-12-4-13-23-54)55-24-14-5-15-25-55/h1-43H. The van der Waals surface area contributed by atoms with Crippen LogP contribution < -0.4 is 4.90 Å². The number of fused-ring (bicyclic) bond motifs is 3. The first kappa shape index (κ1) is 38.5. The summed E-state index contributed by atoms with van der Waals surface area (Å²) in [5, 5.41) is 2.55. The van der Waals surface area contributed by atoms with Crippen LogP contribution in [0.4, 0.5) is 17.1 Å². The quantitative estimate of drug-likeness (QED) is 0.133. The number of thiophene rings is 1. The number of hydrogen-bond donors (Lipinski definition) is 0. The van der Waals surface area contributed by atoms with Crippen molar-refractivity contribution in [3.8, 4) is 33.4 Å². The maximum absolute atomic E-state index is 2.42. The van der Waals surface area contributed by atoms with E-state index in [1.54, 1.807) is 0 Å². The summed E-state index contributed by atoms with van der Waals surface area (Å²) >= 11 is 1.86. The first-order valence-corrected chi connectivity index (χ1v) is 23.8. The Bertz CT molecular complexity index is 3180. The van der Waals surface area contributed by atoms with Crippen LogP contribution in [-0.2, 0) is 0 Å². The lowest BCUT2D eigenvalue weighted by Crippen LogP contribution is -2.10. The molecule has 11 rings (SSSR count). The van der Waals surface area contributed by atoms with Gasteiger partial charge in [-0.1, -0.05) is 158 Å². The van der Waals surface area contributed by atoms with Crippen LogP contribution in [-0.4, -0.2) is 0 Å². The smallest absolute Gasteiger partial charge is 0.0468 e. The highest BCUT2D eigenvalue weighted by atomic mass is 32.3. The lowest BCUT2D eigenvalue weighted by molar-refractivity contribution is 1.23. The Labute approximate surface area is 375 Å². The number of nitrogens with zero attached hydrogens (tertiary/aromatic N) is 1. The molecule has 0 N–H and O–H groups in total. The fraction of sp³-hybridized carbons (Fsp3) is 0. The van der Waals surface area contributed by atoms with Gasteiger partial charge in [0.25, 0.3) is 0 Å². The lowest BCUT2D eigenvalue weighted by atomic mass is 10.00. The molecule has 0 fully saturated rings. The van der Waals surface area contributed by atoms with Crippen molar-refractivity contribution >= 4 is 58.6 Å². The summed E-state index contributed by atoms with van der Waals surface area (Å²) in [7, 11) is -1.83. The van der Waals surface area contributed by atoms with E-state index in [0.29, 0.717) is 0 Å². The Balaban J connectivity index is 1.05. The van der Waals surface area contributed by atoms with Crippen LogP contribution in [0.3, 0.4) is 0 Å². The van der Waals surface area contributed by atoms with E-state index in [9.17, 15) is 0 Å². The molecule has 0 radical (unpaired) electrons. The minimum Gasteiger partial charge on any atom is -0.310 e. The van der Waals surface area contributed by atoms with Gasteiger partial charge in [0.2, 0.25) is 0 Å². The van der Waals surface area contributed by atoms with Crippen molar-refractivity contribution in [2.24, 2.45) is 0 Å². The molecular weight excluding hydrogens is 799 g/mol. The van der Waals surface area contributed by atoms with Crippen LogP contribution in [0, 0.1) is 0 Å². The average molecular weight is 842 g/mol. The zero-order valence-electron chi connectivity index (χ0n) is 34.6. The van der Waals surface area contributed by atoms with Gasteiger partial charge < -0.3 is 4.90 Å². The predicted octanol–water partition coefficient (Wildman–Crippen LogP) is 17.9. The number of benzene rings is 10. The summed E-state index contributed by atoms with van der Waals surface area (Å²) in [5.74, 6) is 0. The molecule has 0 bridgehead atoms. The first-order valence-electron chi connectivity index (χ1n) is 21.4. The molecule has 10 aromatic carbocycles. The second-order valence-electron chi connectivity index (χ2n) is 15.7. The largest absolute Gasteiger partial charge is 0.310 e.